The van der Waals surface area contributed by atoms with Crippen molar-refractivity contribution in [1.29, 1.82) is 0 Å². The molecule has 4 nitrogen and oxygen atoms in total. The summed E-state index contributed by atoms with van der Waals surface area (Å²) in [7, 11) is 0. The van der Waals surface area contributed by atoms with E-state index in [4.69, 9.17) is 0 Å². The Morgan fingerprint density at radius 2 is 1.89 bits per heavy atom. The van der Waals surface area contributed by atoms with Crippen LogP contribution in [0.3, 0.4) is 0 Å². The number of carboxylic acid groups (broad SMARTS) is 1. The van der Waals surface area contributed by atoms with Crippen molar-refractivity contribution in [2.75, 3.05) is 6.54 Å². The van der Waals surface area contributed by atoms with Crippen LogP contribution in [-0.2, 0) is 9.59 Å². The minimum atomic E-state index is -0.888. The van der Waals surface area contributed by atoms with Crippen molar-refractivity contribution in [2.24, 2.45) is 11.3 Å². The number of amides is 1. The predicted octanol–water partition coefficient (Wildman–Crippen LogP) is 2.57. The number of hydrogen-bond acceptors (Lipinski definition) is 2. The summed E-state index contributed by atoms with van der Waals surface area (Å²) in [5.41, 5.74) is -0.888. The second-order valence-electron chi connectivity index (χ2n) is 5.40. The summed E-state index contributed by atoms with van der Waals surface area (Å²) in [6.07, 6.45) is 5.98. The lowest BCUT2D eigenvalue weighted by Crippen LogP contribution is -2.37. The number of nitrogens with one attached hydrogen (secondary N) is 1. The van der Waals surface area contributed by atoms with Crippen molar-refractivity contribution in [3.8, 4) is 0 Å². The number of carbonyl (C=O) groups excluding carboxylic acids is 1. The van der Waals surface area contributed by atoms with Gasteiger partial charge >= 0.3 is 5.97 Å². The lowest BCUT2D eigenvalue weighted by molar-refractivity contribution is -0.152. The third-order valence-electron chi connectivity index (χ3n) is 4.41. The molecule has 104 valence electrons. The van der Waals surface area contributed by atoms with Gasteiger partial charge in [0.05, 0.1) is 5.41 Å². The van der Waals surface area contributed by atoms with E-state index in [0.29, 0.717) is 19.4 Å². The molecule has 0 bridgehead atoms. The maximum Gasteiger partial charge on any atom is 0.310 e. The van der Waals surface area contributed by atoms with Crippen molar-refractivity contribution in [3.63, 3.8) is 0 Å². The van der Waals surface area contributed by atoms with E-state index >= 15 is 0 Å². The first-order valence-corrected chi connectivity index (χ1v) is 7.04. The molecule has 0 heterocycles. The van der Waals surface area contributed by atoms with E-state index < -0.39 is 11.4 Å². The van der Waals surface area contributed by atoms with Gasteiger partial charge in [0.25, 0.3) is 0 Å². The Balaban J connectivity index is 2.33. The fraction of sp³-hybridized carbons (Fsp3) is 0.857. The van der Waals surface area contributed by atoms with Crippen LogP contribution in [0.2, 0.25) is 0 Å². The van der Waals surface area contributed by atoms with Gasteiger partial charge in [-0.05, 0) is 25.2 Å². The number of carbonyl (C=O) groups is 2. The van der Waals surface area contributed by atoms with Crippen LogP contribution < -0.4 is 5.32 Å². The van der Waals surface area contributed by atoms with Gasteiger partial charge in [-0.25, -0.2) is 0 Å². The fourth-order valence-electron chi connectivity index (χ4n) is 2.45. The van der Waals surface area contributed by atoms with Gasteiger partial charge in [0, 0.05) is 13.0 Å². The number of rotatable bonds is 8. The Bertz CT molecular complexity index is 293. The van der Waals surface area contributed by atoms with E-state index in [1.165, 1.54) is 19.3 Å². The molecule has 0 saturated heterocycles. The SMILES string of the molecule is CCC(CC)(CC(=O)NCCC1CCC1)C(=O)O. The zero-order valence-electron chi connectivity index (χ0n) is 11.5. The zero-order valence-corrected chi connectivity index (χ0v) is 11.5. The summed E-state index contributed by atoms with van der Waals surface area (Å²) in [5.74, 6) is -0.214. The molecule has 0 aromatic carbocycles. The van der Waals surface area contributed by atoms with E-state index in [1.54, 1.807) is 0 Å². The average molecular weight is 255 g/mol. The highest BCUT2D eigenvalue weighted by Gasteiger charge is 2.37. The van der Waals surface area contributed by atoms with E-state index in [9.17, 15) is 14.7 Å². The van der Waals surface area contributed by atoms with Crippen LogP contribution in [0.25, 0.3) is 0 Å². The highest BCUT2D eigenvalue weighted by molar-refractivity contribution is 5.84. The van der Waals surface area contributed by atoms with Crippen molar-refractivity contribution in [2.45, 2.75) is 58.8 Å². The quantitative estimate of drug-likeness (QED) is 0.700. The second kappa shape index (κ2) is 6.76. The van der Waals surface area contributed by atoms with Crippen molar-refractivity contribution >= 4 is 11.9 Å². The molecular formula is C14H25NO3. The summed E-state index contributed by atoms with van der Waals surface area (Å²) < 4.78 is 0. The largest absolute Gasteiger partial charge is 0.481 e. The van der Waals surface area contributed by atoms with E-state index in [0.717, 1.165) is 12.3 Å². The monoisotopic (exact) mass is 255 g/mol. The topological polar surface area (TPSA) is 66.4 Å². The Hall–Kier alpha value is -1.06. The molecule has 1 aliphatic carbocycles. The molecule has 0 aliphatic heterocycles. The van der Waals surface area contributed by atoms with Crippen molar-refractivity contribution in [1.82, 2.24) is 5.32 Å². The molecule has 0 aromatic rings. The smallest absolute Gasteiger partial charge is 0.310 e. The standard InChI is InChI=1S/C14H25NO3/c1-3-14(4-2,13(17)18)10-12(16)15-9-8-11-6-5-7-11/h11H,3-10H2,1-2H3,(H,15,16)(H,17,18). The highest BCUT2D eigenvalue weighted by atomic mass is 16.4. The summed E-state index contributed by atoms with van der Waals surface area (Å²) in [4.78, 5) is 23.1. The van der Waals surface area contributed by atoms with Gasteiger partial charge in [-0.2, -0.15) is 0 Å². The molecule has 0 radical (unpaired) electrons. The van der Waals surface area contributed by atoms with Crippen LogP contribution in [0.5, 0.6) is 0 Å². The van der Waals surface area contributed by atoms with Gasteiger partial charge in [-0.15, -0.1) is 0 Å². The lowest BCUT2D eigenvalue weighted by atomic mass is 9.79. The Morgan fingerprint density at radius 3 is 2.28 bits per heavy atom. The third-order valence-corrected chi connectivity index (χ3v) is 4.41. The van der Waals surface area contributed by atoms with Gasteiger partial charge < -0.3 is 10.4 Å². The lowest BCUT2D eigenvalue weighted by Gasteiger charge is -2.27. The minimum Gasteiger partial charge on any atom is -0.481 e. The van der Waals surface area contributed by atoms with Crippen molar-refractivity contribution in [3.05, 3.63) is 0 Å². The molecule has 1 rings (SSSR count). The van der Waals surface area contributed by atoms with Gasteiger partial charge in [-0.1, -0.05) is 33.1 Å². The molecule has 1 saturated carbocycles. The molecule has 18 heavy (non-hydrogen) atoms. The summed E-state index contributed by atoms with van der Waals surface area (Å²) >= 11 is 0. The summed E-state index contributed by atoms with van der Waals surface area (Å²) in [5, 5.41) is 12.1. The first-order chi connectivity index (χ1) is 8.54. The maximum atomic E-state index is 11.8. The summed E-state index contributed by atoms with van der Waals surface area (Å²) in [6.45, 7) is 4.35. The first-order valence-electron chi connectivity index (χ1n) is 7.04. The number of hydrogen-bond donors (Lipinski definition) is 2. The fourth-order valence-corrected chi connectivity index (χ4v) is 2.45. The van der Waals surface area contributed by atoms with Crippen LogP contribution in [0.1, 0.15) is 58.8 Å². The Labute approximate surface area is 109 Å². The first kappa shape index (κ1) is 15.0. The molecule has 0 atom stereocenters. The number of carboxylic acids is 1. The third kappa shape index (κ3) is 3.72. The second-order valence-corrected chi connectivity index (χ2v) is 5.40. The van der Waals surface area contributed by atoms with Gasteiger partial charge in [0.1, 0.15) is 0 Å². The average Bonchev–Trinajstić information content (AvgIpc) is 2.29. The van der Waals surface area contributed by atoms with Crippen LogP contribution in [0.4, 0.5) is 0 Å². The maximum absolute atomic E-state index is 11.8. The Morgan fingerprint density at radius 1 is 1.28 bits per heavy atom. The van der Waals surface area contributed by atoms with E-state index in [1.807, 2.05) is 13.8 Å². The molecule has 1 aliphatic rings. The van der Waals surface area contributed by atoms with Gasteiger partial charge in [-0.3, -0.25) is 9.59 Å². The zero-order chi connectivity index (χ0) is 13.6. The Kier molecular flexibility index (Phi) is 5.63. The van der Waals surface area contributed by atoms with Crippen molar-refractivity contribution < 1.29 is 14.7 Å². The van der Waals surface area contributed by atoms with Gasteiger partial charge in [0.2, 0.25) is 5.91 Å². The number of aliphatic carboxylic acids is 1. The molecular weight excluding hydrogens is 230 g/mol. The van der Waals surface area contributed by atoms with Crippen LogP contribution in [0, 0.1) is 11.3 Å². The normalized spacial score (nSPS) is 16.1. The minimum absolute atomic E-state index is 0.0972. The molecule has 0 unspecified atom stereocenters. The van der Waals surface area contributed by atoms with Crippen LogP contribution >= 0.6 is 0 Å². The molecule has 4 heteroatoms. The molecule has 0 spiro atoms. The van der Waals surface area contributed by atoms with Crippen LogP contribution in [-0.4, -0.2) is 23.5 Å². The molecule has 1 amide bonds. The van der Waals surface area contributed by atoms with Crippen LogP contribution in [0.15, 0.2) is 0 Å². The highest BCUT2D eigenvalue weighted by Crippen LogP contribution is 2.31. The molecule has 0 aromatic heterocycles. The summed E-state index contributed by atoms with van der Waals surface area (Å²) in [6, 6.07) is 0. The predicted molar refractivity (Wildman–Crippen MR) is 70.2 cm³/mol. The molecule has 1 fully saturated rings. The van der Waals surface area contributed by atoms with Gasteiger partial charge in [0.15, 0.2) is 0 Å². The molecule has 2 N–H and O–H groups in total. The van der Waals surface area contributed by atoms with E-state index in [2.05, 4.69) is 5.32 Å². The van der Waals surface area contributed by atoms with E-state index in [-0.39, 0.29) is 12.3 Å².